The van der Waals surface area contributed by atoms with Crippen molar-refractivity contribution in [2.75, 3.05) is 0 Å². The van der Waals surface area contributed by atoms with Crippen molar-refractivity contribution in [2.45, 2.75) is 84.2 Å². The molecule has 0 unspecified atom stereocenters. The van der Waals surface area contributed by atoms with Gasteiger partial charge in [-0.25, -0.2) is 0 Å². The molecule has 0 amide bonds. The summed E-state index contributed by atoms with van der Waals surface area (Å²) in [7, 11) is 0. The number of hydrogen-bond acceptors (Lipinski definition) is 3. The van der Waals surface area contributed by atoms with Gasteiger partial charge in [0, 0.05) is 44.2 Å². The van der Waals surface area contributed by atoms with Crippen LogP contribution >= 0.6 is 0 Å². The molecule has 2 aliphatic rings. The number of nitrogens with zero attached hydrogens (tertiary/aromatic N) is 1. The Balaban J connectivity index is 0.000000214. The molecule has 2 saturated carbocycles. The van der Waals surface area contributed by atoms with E-state index in [4.69, 9.17) is 0 Å². The first kappa shape index (κ1) is 33.9. The first-order valence-electron chi connectivity index (χ1n) is 15.4. The number of aliphatic hydroxyl groups is 1. The molecule has 0 bridgehead atoms. The number of allylic oxidation sites excluding steroid dienone is 2. The average Bonchev–Trinajstić information content (AvgIpc) is 3.00. The summed E-state index contributed by atoms with van der Waals surface area (Å²) < 4.78 is 39.7. The molecular formula is C37H39F3IrNO2-. The monoisotopic (exact) mass is 779 g/mol. The summed E-state index contributed by atoms with van der Waals surface area (Å²) in [5.41, 5.74) is 2.82. The molecule has 0 atom stereocenters. The van der Waals surface area contributed by atoms with E-state index >= 15 is 0 Å². The Labute approximate surface area is 271 Å². The number of hydrogen-bond donors (Lipinski definition) is 1. The van der Waals surface area contributed by atoms with E-state index in [1.54, 1.807) is 12.3 Å². The van der Waals surface area contributed by atoms with Crippen molar-refractivity contribution in [3.05, 3.63) is 89.3 Å². The summed E-state index contributed by atoms with van der Waals surface area (Å²) in [5, 5.41) is 12.9. The van der Waals surface area contributed by atoms with Crippen LogP contribution in [0.5, 0.6) is 0 Å². The fourth-order valence-electron chi connectivity index (χ4n) is 6.57. The maximum atomic E-state index is 13.2. The third kappa shape index (κ3) is 8.17. The number of rotatable bonds is 4. The second-order valence-electron chi connectivity index (χ2n) is 12.2. The fourth-order valence-corrected chi connectivity index (χ4v) is 6.57. The van der Waals surface area contributed by atoms with Crippen LogP contribution in [0.2, 0.25) is 0 Å². The van der Waals surface area contributed by atoms with Gasteiger partial charge in [0.25, 0.3) is 0 Å². The third-order valence-electron chi connectivity index (χ3n) is 8.80. The van der Waals surface area contributed by atoms with Crippen molar-refractivity contribution in [3.8, 4) is 11.3 Å². The summed E-state index contributed by atoms with van der Waals surface area (Å²) in [6, 6.07) is 16.7. The molecule has 3 aromatic carbocycles. The number of aromatic nitrogens is 1. The fraction of sp³-hybridized carbons (Fsp3) is 0.405. The molecular weight excluding hydrogens is 740 g/mol. The number of ketones is 1. The van der Waals surface area contributed by atoms with E-state index in [0.717, 1.165) is 64.6 Å². The normalized spacial score (nSPS) is 16.7. The number of halogens is 3. The van der Waals surface area contributed by atoms with Gasteiger partial charge >= 0.3 is 6.18 Å². The topological polar surface area (TPSA) is 50.2 Å². The molecule has 1 N–H and O–H groups in total. The van der Waals surface area contributed by atoms with Crippen LogP contribution in [-0.2, 0) is 31.1 Å². The van der Waals surface area contributed by atoms with Gasteiger partial charge < -0.3 is 10.1 Å². The van der Waals surface area contributed by atoms with Crippen molar-refractivity contribution >= 4 is 27.3 Å². The molecule has 0 saturated heterocycles. The molecule has 2 fully saturated rings. The van der Waals surface area contributed by atoms with Crippen LogP contribution in [0.4, 0.5) is 13.2 Å². The molecule has 0 aliphatic heterocycles. The number of fused-ring (bicyclic) bond motifs is 3. The molecule has 4 aromatic rings. The molecule has 1 radical (unpaired) electrons. The van der Waals surface area contributed by atoms with Crippen LogP contribution < -0.4 is 0 Å². The number of alkyl halides is 3. The zero-order valence-electron chi connectivity index (χ0n) is 25.3. The van der Waals surface area contributed by atoms with Gasteiger partial charge in [0.05, 0.1) is 11.3 Å². The van der Waals surface area contributed by atoms with Crippen LogP contribution in [0, 0.1) is 31.7 Å². The van der Waals surface area contributed by atoms with Crippen LogP contribution in [-0.4, -0.2) is 15.9 Å². The molecule has 44 heavy (non-hydrogen) atoms. The van der Waals surface area contributed by atoms with Crippen LogP contribution in [0.3, 0.4) is 0 Å². The second-order valence-corrected chi connectivity index (χ2v) is 12.2. The first-order chi connectivity index (χ1) is 20.6. The van der Waals surface area contributed by atoms with Gasteiger partial charge in [-0.3, -0.25) is 4.79 Å². The third-order valence-corrected chi connectivity index (χ3v) is 8.80. The minimum absolute atomic E-state index is 0. The van der Waals surface area contributed by atoms with E-state index in [2.05, 4.69) is 11.1 Å². The number of benzene rings is 3. The van der Waals surface area contributed by atoms with E-state index in [-0.39, 0.29) is 37.7 Å². The molecule has 3 nitrogen and oxygen atoms in total. The summed E-state index contributed by atoms with van der Waals surface area (Å²) in [5.74, 6) is 0.985. The molecule has 235 valence electrons. The van der Waals surface area contributed by atoms with Crippen LogP contribution in [0.15, 0.2) is 66.6 Å². The average molecular weight is 779 g/mol. The Hall–Kier alpha value is -3.02. The predicted octanol–water partition coefficient (Wildman–Crippen LogP) is 10.6. The molecule has 6 rings (SSSR count). The van der Waals surface area contributed by atoms with Crippen LogP contribution in [0.1, 0.15) is 80.9 Å². The van der Waals surface area contributed by atoms with Gasteiger partial charge in [-0.2, -0.15) is 13.2 Å². The van der Waals surface area contributed by atoms with Crippen molar-refractivity contribution in [1.82, 2.24) is 4.98 Å². The van der Waals surface area contributed by atoms with Crippen molar-refractivity contribution in [2.24, 2.45) is 11.8 Å². The molecule has 0 spiro atoms. The second kappa shape index (κ2) is 14.8. The first-order valence-corrected chi connectivity index (χ1v) is 15.4. The maximum absolute atomic E-state index is 13.2. The largest absolute Gasteiger partial charge is 0.512 e. The number of aryl methyl sites for hydroxylation is 2. The van der Waals surface area contributed by atoms with Gasteiger partial charge in [-0.1, -0.05) is 70.6 Å². The van der Waals surface area contributed by atoms with Crippen LogP contribution in [0.25, 0.3) is 32.8 Å². The zero-order chi connectivity index (χ0) is 30.6. The Kier molecular flexibility index (Phi) is 11.4. The van der Waals surface area contributed by atoms with Crippen molar-refractivity contribution < 1.29 is 43.2 Å². The summed E-state index contributed by atoms with van der Waals surface area (Å²) >= 11 is 0. The predicted molar refractivity (Wildman–Crippen MR) is 167 cm³/mol. The van der Waals surface area contributed by atoms with Gasteiger partial charge in [-0.15, -0.1) is 34.9 Å². The SMILES string of the molecule is Cc1[c-]c(-c2nccc3ccc4ccc(C(F)(F)F)cc4c23)cc(C)c1.O=C(/C=C(\O)C1CCCCC1)C1CCCCC1.[Ir]. The quantitative estimate of drug-likeness (QED) is 0.0972. The molecule has 1 aromatic heterocycles. The van der Waals surface area contributed by atoms with E-state index in [9.17, 15) is 23.1 Å². The number of aliphatic hydroxyl groups excluding tert-OH is 1. The summed E-state index contributed by atoms with van der Waals surface area (Å²) in [6.07, 6.45) is 10.3. The number of carbonyl (C=O) groups is 1. The van der Waals surface area contributed by atoms with Crippen molar-refractivity contribution in [3.63, 3.8) is 0 Å². The minimum Gasteiger partial charge on any atom is -0.512 e. The molecule has 2 aliphatic carbocycles. The maximum Gasteiger partial charge on any atom is 0.416 e. The number of pyridine rings is 1. The molecule has 7 heteroatoms. The molecule has 1 heterocycles. The number of carbonyl (C=O) groups excluding carboxylic acids is 1. The van der Waals surface area contributed by atoms with Crippen molar-refractivity contribution in [1.29, 1.82) is 0 Å². The summed E-state index contributed by atoms with van der Waals surface area (Å²) in [4.78, 5) is 16.5. The van der Waals surface area contributed by atoms with Gasteiger partial charge in [0.1, 0.15) is 0 Å². The summed E-state index contributed by atoms with van der Waals surface area (Å²) in [6.45, 7) is 3.93. The Morgan fingerprint density at radius 2 is 1.48 bits per heavy atom. The van der Waals surface area contributed by atoms with E-state index < -0.39 is 11.7 Å². The smallest absolute Gasteiger partial charge is 0.416 e. The van der Waals surface area contributed by atoms with E-state index in [1.165, 1.54) is 50.7 Å². The Morgan fingerprint density at radius 3 is 2.11 bits per heavy atom. The van der Waals surface area contributed by atoms with E-state index in [0.29, 0.717) is 16.8 Å². The Bertz CT molecular complexity index is 1610. The standard InChI is InChI=1S/C22H15F3N.C15H24O2.Ir/c1-13-9-14(2)11-17(10-13)21-20-16(7-8-26-21)4-3-15-5-6-18(12-19(15)20)22(23,24)25;16-14(12-7-3-1-4-8-12)11-15(17)13-9-5-2-6-10-13;/h3-10,12H,1-2H3;11-13,16H,1-10H2;/q-1;;/b;14-11-;. The zero-order valence-corrected chi connectivity index (χ0v) is 27.7. The Morgan fingerprint density at radius 1 is 0.864 bits per heavy atom. The van der Waals surface area contributed by atoms with Gasteiger partial charge in [0.15, 0.2) is 5.78 Å². The van der Waals surface area contributed by atoms with Gasteiger partial charge in [0.2, 0.25) is 0 Å². The van der Waals surface area contributed by atoms with Gasteiger partial charge in [-0.05, 0) is 71.1 Å². The van der Waals surface area contributed by atoms with E-state index in [1.807, 2.05) is 44.2 Å². The minimum atomic E-state index is -4.38.